The third kappa shape index (κ3) is 3.07. The lowest BCUT2D eigenvalue weighted by molar-refractivity contribution is 0.0598. The molecule has 0 heterocycles. The molecule has 0 radical (unpaired) electrons. The van der Waals surface area contributed by atoms with E-state index in [1.165, 1.54) is 31.1 Å². The van der Waals surface area contributed by atoms with Crippen molar-refractivity contribution in [2.45, 2.75) is 37.5 Å². The van der Waals surface area contributed by atoms with Gasteiger partial charge in [-0.25, -0.2) is 4.79 Å². The van der Waals surface area contributed by atoms with Crippen LogP contribution in [0.4, 0.5) is 0 Å². The standard InChI is InChI=1S/C23H26O4/c1-25-15-9-7-14(8-10-15)19-13-21-20(18-6-4-5-17(18)19)11-16(26-2)12-22(21)23(24)27-3/h7-12,17-19H,4-6,13H2,1-3H3/t17-,18+,19-/m0/s1. The van der Waals surface area contributed by atoms with Crippen molar-refractivity contribution >= 4 is 5.97 Å². The van der Waals surface area contributed by atoms with Crippen LogP contribution < -0.4 is 9.47 Å². The third-order valence-corrected chi connectivity index (χ3v) is 6.35. The Morgan fingerprint density at radius 2 is 1.67 bits per heavy atom. The van der Waals surface area contributed by atoms with E-state index in [2.05, 4.69) is 18.2 Å². The largest absolute Gasteiger partial charge is 0.497 e. The molecule has 0 spiro atoms. The number of carbonyl (C=O) groups excluding carboxylic acids is 1. The maximum atomic E-state index is 12.5. The van der Waals surface area contributed by atoms with Gasteiger partial charge in [-0.15, -0.1) is 0 Å². The fourth-order valence-electron chi connectivity index (χ4n) is 5.08. The molecule has 4 heteroatoms. The van der Waals surface area contributed by atoms with Crippen LogP contribution in [0.3, 0.4) is 0 Å². The van der Waals surface area contributed by atoms with Crippen LogP contribution in [0.25, 0.3) is 0 Å². The number of rotatable bonds is 4. The molecule has 1 fully saturated rings. The monoisotopic (exact) mass is 366 g/mol. The Labute approximate surface area is 160 Å². The van der Waals surface area contributed by atoms with Crippen molar-refractivity contribution in [2.75, 3.05) is 21.3 Å². The van der Waals surface area contributed by atoms with Crippen LogP contribution in [-0.4, -0.2) is 27.3 Å². The Morgan fingerprint density at radius 3 is 2.33 bits per heavy atom. The van der Waals surface area contributed by atoms with Crippen LogP contribution in [0, 0.1) is 5.92 Å². The molecular formula is C23H26O4. The summed E-state index contributed by atoms with van der Waals surface area (Å²) in [5.74, 6) is 2.81. The Morgan fingerprint density at radius 1 is 0.926 bits per heavy atom. The number of hydrogen-bond acceptors (Lipinski definition) is 4. The lowest BCUT2D eigenvalue weighted by Gasteiger charge is -2.37. The molecule has 2 aliphatic rings. The van der Waals surface area contributed by atoms with Gasteiger partial charge < -0.3 is 14.2 Å². The first kappa shape index (κ1) is 17.9. The van der Waals surface area contributed by atoms with Gasteiger partial charge in [0.25, 0.3) is 0 Å². The maximum absolute atomic E-state index is 12.5. The summed E-state index contributed by atoms with van der Waals surface area (Å²) in [4.78, 5) is 12.5. The molecule has 1 saturated carbocycles. The molecule has 0 aromatic heterocycles. The minimum Gasteiger partial charge on any atom is -0.497 e. The molecule has 0 saturated heterocycles. The first-order chi connectivity index (χ1) is 13.2. The number of ether oxygens (including phenoxy) is 3. The highest BCUT2D eigenvalue weighted by Crippen LogP contribution is 2.54. The van der Waals surface area contributed by atoms with E-state index in [0.717, 1.165) is 29.9 Å². The van der Waals surface area contributed by atoms with Crippen molar-refractivity contribution in [3.63, 3.8) is 0 Å². The summed E-state index contributed by atoms with van der Waals surface area (Å²) in [7, 11) is 4.78. The van der Waals surface area contributed by atoms with Gasteiger partial charge in [0, 0.05) is 0 Å². The zero-order valence-corrected chi connectivity index (χ0v) is 16.2. The van der Waals surface area contributed by atoms with Crippen LogP contribution in [0.2, 0.25) is 0 Å². The Balaban J connectivity index is 1.81. The molecule has 2 aliphatic carbocycles. The number of methoxy groups -OCH3 is 3. The molecule has 2 aromatic rings. The second-order valence-electron chi connectivity index (χ2n) is 7.52. The van der Waals surface area contributed by atoms with Crippen molar-refractivity contribution in [1.82, 2.24) is 0 Å². The maximum Gasteiger partial charge on any atom is 0.338 e. The van der Waals surface area contributed by atoms with E-state index in [-0.39, 0.29) is 5.97 Å². The number of hydrogen-bond donors (Lipinski definition) is 0. The first-order valence-electron chi connectivity index (χ1n) is 9.59. The molecule has 4 rings (SSSR count). The highest BCUT2D eigenvalue weighted by molar-refractivity contribution is 5.92. The number of fused-ring (bicyclic) bond motifs is 3. The molecule has 0 N–H and O–H groups in total. The van der Waals surface area contributed by atoms with E-state index >= 15 is 0 Å². The molecule has 0 unspecified atom stereocenters. The zero-order chi connectivity index (χ0) is 19.0. The average Bonchev–Trinajstić information content (AvgIpc) is 3.22. The molecule has 142 valence electrons. The van der Waals surface area contributed by atoms with Crippen LogP contribution in [0.1, 0.15) is 58.1 Å². The predicted molar refractivity (Wildman–Crippen MR) is 104 cm³/mol. The summed E-state index contributed by atoms with van der Waals surface area (Å²) in [5.41, 5.74) is 4.38. The smallest absolute Gasteiger partial charge is 0.338 e. The molecule has 3 atom stereocenters. The van der Waals surface area contributed by atoms with Crippen LogP contribution in [0.15, 0.2) is 36.4 Å². The van der Waals surface area contributed by atoms with Crippen molar-refractivity contribution < 1.29 is 19.0 Å². The van der Waals surface area contributed by atoms with E-state index < -0.39 is 0 Å². The van der Waals surface area contributed by atoms with Crippen LogP contribution in [-0.2, 0) is 11.2 Å². The van der Waals surface area contributed by atoms with Gasteiger partial charge >= 0.3 is 5.97 Å². The minimum absolute atomic E-state index is 0.282. The summed E-state index contributed by atoms with van der Waals surface area (Å²) in [6.45, 7) is 0. The highest BCUT2D eigenvalue weighted by atomic mass is 16.5. The van der Waals surface area contributed by atoms with Gasteiger partial charge in [0.1, 0.15) is 11.5 Å². The predicted octanol–water partition coefficient (Wildman–Crippen LogP) is 4.71. The fourth-order valence-corrected chi connectivity index (χ4v) is 5.08. The summed E-state index contributed by atoms with van der Waals surface area (Å²) < 4.78 is 15.9. The third-order valence-electron chi connectivity index (χ3n) is 6.35. The van der Waals surface area contributed by atoms with Crippen LogP contribution in [0.5, 0.6) is 11.5 Å². The van der Waals surface area contributed by atoms with Crippen molar-refractivity contribution in [3.05, 3.63) is 58.7 Å². The number of benzene rings is 2. The second-order valence-corrected chi connectivity index (χ2v) is 7.52. The number of carbonyl (C=O) groups is 1. The van der Waals surface area contributed by atoms with Gasteiger partial charge in [0.2, 0.25) is 0 Å². The topological polar surface area (TPSA) is 44.8 Å². The number of esters is 1. The molecule has 0 amide bonds. The van der Waals surface area contributed by atoms with Crippen LogP contribution >= 0.6 is 0 Å². The Hall–Kier alpha value is -2.49. The van der Waals surface area contributed by atoms with Gasteiger partial charge in [0.05, 0.1) is 26.9 Å². The van der Waals surface area contributed by atoms with Gasteiger partial charge in [-0.05, 0) is 78.0 Å². The van der Waals surface area contributed by atoms with Crippen molar-refractivity contribution in [3.8, 4) is 11.5 Å². The van der Waals surface area contributed by atoms with E-state index in [1.54, 1.807) is 14.2 Å². The normalized spacial score (nSPS) is 23.3. The van der Waals surface area contributed by atoms with E-state index in [1.807, 2.05) is 18.2 Å². The van der Waals surface area contributed by atoms with E-state index in [0.29, 0.717) is 23.3 Å². The van der Waals surface area contributed by atoms with Gasteiger partial charge in [0.15, 0.2) is 0 Å². The lowest BCUT2D eigenvalue weighted by atomic mass is 9.67. The molecule has 0 aliphatic heterocycles. The van der Waals surface area contributed by atoms with E-state index in [9.17, 15) is 4.79 Å². The highest BCUT2D eigenvalue weighted by Gasteiger charge is 2.42. The van der Waals surface area contributed by atoms with Gasteiger partial charge in [-0.3, -0.25) is 0 Å². The average molecular weight is 366 g/mol. The van der Waals surface area contributed by atoms with Crippen molar-refractivity contribution in [2.24, 2.45) is 5.92 Å². The summed E-state index contributed by atoms with van der Waals surface area (Å²) in [6.07, 6.45) is 4.48. The second kappa shape index (κ2) is 7.26. The minimum atomic E-state index is -0.282. The molecule has 0 bridgehead atoms. The fraction of sp³-hybridized carbons (Fsp3) is 0.435. The van der Waals surface area contributed by atoms with E-state index in [4.69, 9.17) is 14.2 Å². The molecule has 4 nitrogen and oxygen atoms in total. The summed E-state index contributed by atoms with van der Waals surface area (Å²) in [6, 6.07) is 12.4. The molecule has 2 aromatic carbocycles. The zero-order valence-electron chi connectivity index (χ0n) is 16.2. The molecular weight excluding hydrogens is 340 g/mol. The van der Waals surface area contributed by atoms with Gasteiger partial charge in [-0.2, -0.15) is 0 Å². The molecule has 27 heavy (non-hydrogen) atoms. The quantitative estimate of drug-likeness (QED) is 0.735. The lowest BCUT2D eigenvalue weighted by Crippen LogP contribution is -2.27. The SMILES string of the molecule is COC(=O)c1cc(OC)cc2c1C[C@@H](c1ccc(OC)cc1)[C@H]1CCC[C@@H]21. The first-order valence-corrected chi connectivity index (χ1v) is 9.59. The van der Waals surface area contributed by atoms with Crippen molar-refractivity contribution in [1.29, 1.82) is 0 Å². The Bertz CT molecular complexity index is 840. The summed E-state index contributed by atoms with van der Waals surface area (Å²) >= 11 is 0. The Kier molecular flexibility index (Phi) is 4.81. The summed E-state index contributed by atoms with van der Waals surface area (Å²) in [5, 5.41) is 0. The van der Waals surface area contributed by atoms with Gasteiger partial charge in [-0.1, -0.05) is 18.6 Å².